The molecule has 1 aromatic heterocycles. The average Bonchev–Trinajstić information content (AvgIpc) is 2.68. The first-order chi connectivity index (χ1) is 7.21. The lowest BCUT2D eigenvalue weighted by atomic mass is 10.1. The second-order valence-electron chi connectivity index (χ2n) is 4.13. The normalized spacial score (nSPS) is 13.4. The molecule has 0 fully saturated rings. The molecular formula is C12H23N3. The van der Waals surface area contributed by atoms with Crippen molar-refractivity contribution in [3.8, 4) is 0 Å². The molecule has 2 N–H and O–H groups in total. The van der Waals surface area contributed by atoms with Crippen molar-refractivity contribution in [3.63, 3.8) is 0 Å². The van der Waals surface area contributed by atoms with Gasteiger partial charge in [0.2, 0.25) is 0 Å². The number of rotatable bonds is 6. The molecule has 3 heteroatoms. The molecule has 0 radical (unpaired) electrons. The number of nitrogens with zero attached hydrogens (tertiary/aromatic N) is 2. The summed E-state index contributed by atoms with van der Waals surface area (Å²) in [6, 6.07) is 2.88. The lowest BCUT2D eigenvalue weighted by Crippen LogP contribution is -2.21. The summed E-state index contributed by atoms with van der Waals surface area (Å²) in [6.45, 7) is 6.52. The van der Waals surface area contributed by atoms with Gasteiger partial charge in [-0.25, -0.2) is 0 Å². The smallest absolute Gasteiger partial charge is 0.0640 e. The molecule has 0 bridgehead atoms. The fourth-order valence-corrected chi connectivity index (χ4v) is 1.77. The van der Waals surface area contributed by atoms with Crippen molar-refractivity contribution >= 4 is 0 Å². The van der Waals surface area contributed by atoms with Crippen molar-refractivity contribution in [3.05, 3.63) is 18.0 Å². The Morgan fingerprint density at radius 2 is 1.93 bits per heavy atom. The first-order valence-electron chi connectivity index (χ1n) is 6.00. The minimum atomic E-state index is 0.245. The van der Waals surface area contributed by atoms with Crippen LogP contribution in [0.15, 0.2) is 12.3 Å². The molecule has 3 nitrogen and oxygen atoms in total. The summed E-state index contributed by atoms with van der Waals surface area (Å²) in [4.78, 5) is 0. The molecule has 0 aliphatic carbocycles. The van der Waals surface area contributed by atoms with Crippen LogP contribution in [0.2, 0.25) is 0 Å². The molecular weight excluding hydrogens is 186 g/mol. The molecule has 1 unspecified atom stereocenters. The van der Waals surface area contributed by atoms with E-state index in [1.165, 1.54) is 0 Å². The number of aromatic nitrogens is 2. The Morgan fingerprint density at radius 3 is 2.47 bits per heavy atom. The van der Waals surface area contributed by atoms with Gasteiger partial charge in [-0.05, 0) is 25.3 Å². The molecule has 1 rings (SSSR count). The third kappa shape index (κ3) is 3.34. The second-order valence-corrected chi connectivity index (χ2v) is 4.13. The van der Waals surface area contributed by atoms with Crippen molar-refractivity contribution in [2.45, 2.75) is 58.5 Å². The molecule has 1 atom stereocenters. The molecule has 15 heavy (non-hydrogen) atoms. The van der Waals surface area contributed by atoms with Gasteiger partial charge in [-0.2, -0.15) is 5.10 Å². The number of hydrogen-bond acceptors (Lipinski definition) is 2. The predicted octanol–water partition coefficient (Wildman–Crippen LogP) is 2.52. The topological polar surface area (TPSA) is 43.8 Å². The highest BCUT2D eigenvalue weighted by Crippen LogP contribution is 2.14. The van der Waals surface area contributed by atoms with Crippen LogP contribution in [0.4, 0.5) is 0 Å². The standard InChI is InChI=1S/C12H23N3/c1-4-10(13)9-11-7-8-15(14-11)12(5-2)6-3/h7-8,10,12H,4-6,9,13H2,1-3H3. The van der Waals surface area contributed by atoms with Gasteiger partial charge in [-0.15, -0.1) is 0 Å². The molecule has 0 saturated carbocycles. The minimum absolute atomic E-state index is 0.245. The zero-order chi connectivity index (χ0) is 11.3. The maximum atomic E-state index is 5.91. The summed E-state index contributed by atoms with van der Waals surface area (Å²) in [7, 11) is 0. The van der Waals surface area contributed by atoms with Crippen LogP contribution in [0.25, 0.3) is 0 Å². The molecule has 0 aliphatic heterocycles. The van der Waals surface area contributed by atoms with E-state index in [0.29, 0.717) is 6.04 Å². The van der Waals surface area contributed by atoms with E-state index in [1.807, 2.05) is 0 Å². The lowest BCUT2D eigenvalue weighted by Gasteiger charge is -2.12. The Bertz CT molecular complexity index is 276. The van der Waals surface area contributed by atoms with Crippen molar-refractivity contribution in [2.24, 2.45) is 5.73 Å². The summed E-state index contributed by atoms with van der Waals surface area (Å²) in [6.07, 6.45) is 6.26. The first-order valence-corrected chi connectivity index (χ1v) is 6.00. The quantitative estimate of drug-likeness (QED) is 0.782. The lowest BCUT2D eigenvalue weighted by molar-refractivity contribution is 0.424. The predicted molar refractivity (Wildman–Crippen MR) is 63.8 cm³/mol. The van der Waals surface area contributed by atoms with Gasteiger partial charge in [-0.3, -0.25) is 4.68 Å². The Kier molecular flexibility index (Phi) is 4.82. The van der Waals surface area contributed by atoms with E-state index in [4.69, 9.17) is 5.73 Å². The third-order valence-corrected chi connectivity index (χ3v) is 2.98. The summed E-state index contributed by atoms with van der Waals surface area (Å²) in [5, 5.41) is 4.58. The Hall–Kier alpha value is -0.830. The monoisotopic (exact) mass is 209 g/mol. The fourth-order valence-electron chi connectivity index (χ4n) is 1.77. The Balaban J connectivity index is 2.63. The third-order valence-electron chi connectivity index (χ3n) is 2.98. The molecule has 0 spiro atoms. The Labute approximate surface area is 92.7 Å². The van der Waals surface area contributed by atoms with Gasteiger partial charge in [0.15, 0.2) is 0 Å². The van der Waals surface area contributed by atoms with E-state index in [0.717, 1.165) is 31.4 Å². The van der Waals surface area contributed by atoms with E-state index in [1.54, 1.807) is 0 Å². The zero-order valence-corrected chi connectivity index (χ0v) is 10.1. The molecule has 86 valence electrons. The molecule has 0 saturated heterocycles. The largest absolute Gasteiger partial charge is 0.327 e. The van der Waals surface area contributed by atoms with Crippen LogP contribution in [0.1, 0.15) is 51.8 Å². The fraction of sp³-hybridized carbons (Fsp3) is 0.750. The summed E-state index contributed by atoms with van der Waals surface area (Å²) in [5.41, 5.74) is 7.03. The molecule has 1 heterocycles. The van der Waals surface area contributed by atoms with E-state index < -0.39 is 0 Å². The summed E-state index contributed by atoms with van der Waals surface area (Å²) >= 11 is 0. The van der Waals surface area contributed by atoms with E-state index in [-0.39, 0.29) is 6.04 Å². The van der Waals surface area contributed by atoms with Crippen molar-refractivity contribution < 1.29 is 0 Å². The molecule has 0 amide bonds. The number of hydrogen-bond donors (Lipinski definition) is 1. The minimum Gasteiger partial charge on any atom is -0.327 e. The maximum absolute atomic E-state index is 5.91. The van der Waals surface area contributed by atoms with Gasteiger partial charge >= 0.3 is 0 Å². The van der Waals surface area contributed by atoms with Crippen LogP contribution in [-0.4, -0.2) is 15.8 Å². The van der Waals surface area contributed by atoms with Crippen molar-refractivity contribution in [2.75, 3.05) is 0 Å². The van der Waals surface area contributed by atoms with Crippen LogP contribution in [0, 0.1) is 0 Å². The molecule has 0 aliphatic rings. The maximum Gasteiger partial charge on any atom is 0.0640 e. The van der Waals surface area contributed by atoms with Crippen LogP contribution in [0.3, 0.4) is 0 Å². The molecule has 1 aromatic rings. The second kappa shape index (κ2) is 5.91. The van der Waals surface area contributed by atoms with E-state index in [2.05, 4.69) is 42.8 Å². The van der Waals surface area contributed by atoms with Gasteiger partial charge < -0.3 is 5.73 Å². The van der Waals surface area contributed by atoms with E-state index >= 15 is 0 Å². The van der Waals surface area contributed by atoms with Crippen LogP contribution >= 0.6 is 0 Å². The summed E-state index contributed by atoms with van der Waals surface area (Å²) in [5.74, 6) is 0. The zero-order valence-electron chi connectivity index (χ0n) is 10.1. The van der Waals surface area contributed by atoms with E-state index in [9.17, 15) is 0 Å². The van der Waals surface area contributed by atoms with Gasteiger partial charge in [0.1, 0.15) is 0 Å². The highest BCUT2D eigenvalue weighted by atomic mass is 15.3. The average molecular weight is 209 g/mol. The van der Waals surface area contributed by atoms with Gasteiger partial charge in [0.25, 0.3) is 0 Å². The van der Waals surface area contributed by atoms with Crippen LogP contribution in [0.5, 0.6) is 0 Å². The Morgan fingerprint density at radius 1 is 1.27 bits per heavy atom. The van der Waals surface area contributed by atoms with Gasteiger partial charge in [-0.1, -0.05) is 20.8 Å². The first kappa shape index (κ1) is 12.2. The highest BCUT2D eigenvalue weighted by molar-refractivity contribution is 5.01. The van der Waals surface area contributed by atoms with Crippen molar-refractivity contribution in [1.29, 1.82) is 0 Å². The summed E-state index contributed by atoms with van der Waals surface area (Å²) < 4.78 is 2.08. The van der Waals surface area contributed by atoms with Crippen LogP contribution in [-0.2, 0) is 6.42 Å². The van der Waals surface area contributed by atoms with Gasteiger partial charge in [0.05, 0.1) is 11.7 Å². The van der Waals surface area contributed by atoms with Crippen LogP contribution < -0.4 is 5.73 Å². The highest BCUT2D eigenvalue weighted by Gasteiger charge is 2.09. The SMILES string of the molecule is CCC(N)Cc1ccn(C(CC)CC)n1. The number of nitrogens with two attached hydrogens (primary N) is 1. The van der Waals surface area contributed by atoms with Crippen molar-refractivity contribution in [1.82, 2.24) is 9.78 Å². The van der Waals surface area contributed by atoms with Gasteiger partial charge in [0, 0.05) is 18.7 Å². The molecule has 0 aromatic carbocycles.